The van der Waals surface area contributed by atoms with Gasteiger partial charge in [-0.25, -0.2) is 0 Å². The van der Waals surface area contributed by atoms with E-state index in [1.807, 2.05) is 0 Å². The van der Waals surface area contributed by atoms with Crippen molar-refractivity contribution in [1.29, 1.82) is 0 Å². The Morgan fingerprint density at radius 3 is 3.00 bits per heavy atom. The summed E-state index contributed by atoms with van der Waals surface area (Å²) >= 11 is 5.98. The van der Waals surface area contributed by atoms with Gasteiger partial charge in [0.25, 0.3) is 0 Å². The predicted octanol–water partition coefficient (Wildman–Crippen LogP) is 1.76. The summed E-state index contributed by atoms with van der Waals surface area (Å²) in [5.74, 6) is 1.11. The van der Waals surface area contributed by atoms with Gasteiger partial charge >= 0.3 is 0 Å². The van der Waals surface area contributed by atoms with Crippen LogP contribution in [0.15, 0.2) is 29.1 Å². The molecule has 0 aliphatic carbocycles. The second-order valence-electron chi connectivity index (χ2n) is 3.06. The Hall–Kier alpha value is -1.59. The maximum absolute atomic E-state index is 5.98. The van der Waals surface area contributed by atoms with Crippen molar-refractivity contribution in [2.24, 2.45) is 5.73 Å². The third-order valence-corrected chi connectivity index (χ3v) is 2.40. The highest BCUT2D eigenvalue weighted by molar-refractivity contribution is 6.31. The number of ether oxygens (including phenoxy) is 1. The molecular weight excluding hydrogens is 230 g/mol. The van der Waals surface area contributed by atoms with E-state index in [1.54, 1.807) is 18.2 Å². The second kappa shape index (κ2) is 4.96. The van der Waals surface area contributed by atoms with Gasteiger partial charge in [-0.3, -0.25) is 0 Å². The molecule has 1 heterocycles. The molecule has 2 aromatic rings. The molecule has 1 aromatic heterocycles. The van der Waals surface area contributed by atoms with Crippen LogP contribution in [-0.2, 0) is 13.2 Å². The van der Waals surface area contributed by atoms with E-state index in [1.165, 1.54) is 6.39 Å². The number of nitrogens with zero attached hydrogens (tertiary/aromatic N) is 2. The zero-order valence-electron chi connectivity index (χ0n) is 8.39. The van der Waals surface area contributed by atoms with Crippen LogP contribution in [0, 0.1) is 0 Å². The zero-order chi connectivity index (χ0) is 11.4. The molecule has 0 fully saturated rings. The van der Waals surface area contributed by atoms with Gasteiger partial charge in [0.1, 0.15) is 5.75 Å². The molecule has 0 saturated heterocycles. The third kappa shape index (κ3) is 2.32. The van der Waals surface area contributed by atoms with Crippen LogP contribution in [0.25, 0.3) is 0 Å². The lowest BCUT2D eigenvalue weighted by molar-refractivity contribution is 0.284. The molecule has 1 aromatic carbocycles. The number of aromatic nitrogens is 2. The van der Waals surface area contributed by atoms with Gasteiger partial charge in [-0.15, -0.1) is 0 Å². The number of hydrogen-bond acceptors (Lipinski definition) is 5. The molecule has 2 rings (SSSR count). The lowest BCUT2D eigenvalue weighted by Gasteiger charge is -2.09. The number of hydrogen-bond donors (Lipinski definition) is 1. The fourth-order valence-corrected chi connectivity index (χ4v) is 1.51. The summed E-state index contributed by atoms with van der Waals surface area (Å²) in [4.78, 5) is 3.84. The summed E-state index contributed by atoms with van der Waals surface area (Å²) in [5.41, 5.74) is 6.36. The average Bonchev–Trinajstić information content (AvgIpc) is 2.79. The van der Waals surface area contributed by atoms with Crippen LogP contribution in [-0.4, -0.2) is 10.1 Å². The van der Waals surface area contributed by atoms with E-state index < -0.39 is 0 Å². The van der Waals surface area contributed by atoms with Gasteiger partial charge in [0.2, 0.25) is 12.2 Å². The molecule has 5 nitrogen and oxygen atoms in total. The number of halogens is 1. The molecule has 84 valence electrons. The first-order chi connectivity index (χ1) is 7.81. The van der Waals surface area contributed by atoms with E-state index in [0.29, 0.717) is 23.1 Å². The van der Waals surface area contributed by atoms with Crippen molar-refractivity contribution in [3.05, 3.63) is 41.0 Å². The minimum atomic E-state index is 0.226. The zero-order valence-corrected chi connectivity index (χ0v) is 9.15. The molecular formula is C10H10ClN3O2. The fourth-order valence-electron chi connectivity index (χ4n) is 1.27. The normalized spacial score (nSPS) is 10.4. The topological polar surface area (TPSA) is 74.2 Å². The van der Waals surface area contributed by atoms with Gasteiger partial charge < -0.3 is 15.0 Å². The summed E-state index contributed by atoms with van der Waals surface area (Å²) < 4.78 is 10.1. The first kappa shape index (κ1) is 10.9. The van der Waals surface area contributed by atoms with Crippen molar-refractivity contribution in [2.45, 2.75) is 13.2 Å². The molecule has 0 bridgehead atoms. The van der Waals surface area contributed by atoms with Crippen LogP contribution in [0.4, 0.5) is 0 Å². The molecule has 0 unspecified atom stereocenters. The molecule has 0 atom stereocenters. The number of rotatable bonds is 4. The minimum absolute atomic E-state index is 0.226. The number of benzene rings is 1. The SMILES string of the molecule is NCc1c(Cl)cccc1OCc1ncon1. The predicted molar refractivity (Wildman–Crippen MR) is 58.0 cm³/mol. The highest BCUT2D eigenvalue weighted by Crippen LogP contribution is 2.26. The Balaban J connectivity index is 2.12. The van der Waals surface area contributed by atoms with Crippen LogP contribution in [0.3, 0.4) is 0 Å². The standard InChI is InChI=1S/C10H10ClN3O2/c11-8-2-1-3-9(7(8)4-12)15-5-10-13-6-16-14-10/h1-3,6H,4-5,12H2. The van der Waals surface area contributed by atoms with Gasteiger partial charge in [0, 0.05) is 17.1 Å². The van der Waals surface area contributed by atoms with Crippen LogP contribution in [0.5, 0.6) is 5.75 Å². The van der Waals surface area contributed by atoms with E-state index in [4.69, 9.17) is 22.1 Å². The number of nitrogens with two attached hydrogens (primary N) is 1. The second-order valence-corrected chi connectivity index (χ2v) is 3.46. The first-order valence-electron chi connectivity index (χ1n) is 4.66. The van der Waals surface area contributed by atoms with Gasteiger partial charge in [-0.1, -0.05) is 22.8 Å². The van der Waals surface area contributed by atoms with E-state index in [2.05, 4.69) is 14.7 Å². The molecule has 0 aliphatic heterocycles. The largest absolute Gasteiger partial charge is 0.485 e. The molecule has 0 amide bonds. The van der Waals surface area contributed by atoms with Crippen LogP contribution in [0.2, 0.25) is 5.02 Å². The van der Waals surface area contributed by atoms with Crippen molar-refractivity contribution >= 4 is 11.6 Å². The fraction of sp³-hybridized carbons (Fsp3) is 0.200. The van der Waals surface area contributed by atoms with Crippen molar-refractivity contribution in [3.8, 4) is 5.75 Å². The van der Waals surface area contributed by atoms with E-state index in [0.717, 1.165) is 5.56 Å². The smallest absolute Gasteiger partial charge is 0.213 e. The first-order valence-corrected chi connectivity index (χ1v) is 5.04. The minimum Gasteiger partial charge on any atom is -0.485 e. The Morgan fingerprint density at radius 2 is 2.31 bits per heavy atom. The van der Waals surface area contributed by atoms with Crippen LogP contribution >= 0.6 is 11.6 Å². The van der Waals surface area contributed by atoms with Crippen molar-refractivity contribution < 1.29 is 9.26 Å². The Morgan fingerprint density at radius 1 is 1.44 bits per heavy atom. The van der Waals surface area contributed by atoms with Gasteiger partial charge in [-0.2, -0.15) is 4.98 Å². The highest BCUT2D eigenvalue weighted by atomic mass is 35.5. The quantitative estimate of drug-likeness (QED) is 0.880. The summed E-state index contributed by atoms with van der Waals surface area (Å²) in [5, 5.41) is 4.22. The Bertz CT molecular complexity index is 459. The third-order valence-electron chi connectivity index (χ3n) is 2.04. The van der Waals surface area contributed by atoms with Crippen molar-refractivity contribution in [1.82, 2.24) is 10.1 Å². The average molecular weight is 240 g/mol. The van der Waals surface area contributed by atoms with Crippen molar-refractivity contribution in [2.75, 3.05) is 0 Å². The van der Waals surface area contributed by atoms with E-state index >= 15 is 0 Å². The molecule has 0 spiro atoms. The van der Waals surface area contributed by atoms with E-state index in [9.17, 15) is 0 Å². The monoisotopic (exact) mass is 239 g/mol. The van der Waals surface area contributed by atoms with Crippen molar-refractivity contribution in [3.63, 3.8) is 0 Å². The summed E-state index contributed by atoms with van der Waals surface area (Å²) in [7, 11) is 0. The molecule has 0 aliphatic rings. The summed E-state index contributed by atoms with van der Waals surface area (Å²) in [6.07, 6.45) is 1.25. The molecule has 0 radical (unpaired) electrons. The maximum atomic E-state index is 5.98. The van der Waals surface area contributed by atoms with Gasteiger partial charge in [0.15, 0.2) is 6.61 Å². The molecule has 0 saturated carbocycles. The Labute approximate surface area is 97.2 Å². The highest BCUT2D eigenvalue weighted by Gasteiger charge is 2.07. The molecule has 16 heavy (non-hydrogen) atoms. The maximum Gasteiger partial charge on any atom is 0.213 e. The van der Waals surface area contributed by atoms with Crippen LogP contribution in [0.1, 0.15) is 11.4 Å². The van der Waals surface area contributed by atoms with Gasteiger partial charge in [0.05, 0.1) is 0 Å². The summed E-state index contributed by atoms with van der Waals surface area (Å²) in [6.45, 7) is 0.547. The lowest BCUT2D eigenvalue weighted by atomic mass is 10.2. The van der Waals surface area contributed by atoms with E-state index in [-0.39, 0.29) is 6.61 Å². The van der Waals surface area contributed by atoms with Gasteiger partial charge in [-0.05, 0) is 12.1 Å². The Kier molecular flexibility index (Phi) is 3.38. The molecule has 2 N–H and O–H groups in total. The molecule has 6 heteroatoms. The van der Waals surface area contributed by atoms with Crippen LogP contribution < -0.4 is 10.5 Å². The summed E-state index contributed by atoms with van der Waals surface area (Å²) in [6, 6.07) is 5.37. The lowest BCUT2D eigenvalue weighted by Crippen LogP contribution is -2.04.